The zero-order valence-electron chi connectivity index (χ0n) is 11.2. The summed E-state index contributed by atoms with van der Waals surface area (Å²) in [6, 6.07) is -0.424. The van der Waals surface area contributed by atoms with Gasteiger partial charge in [-0.15, -0.1) is 0 Å². The first-order valence-electron chi connectivity index (χ1n) is 6.54. The summed E-state index contributed by atoms with van der Waals surface area (Å²) in [4.78, 5) is 8.27. The molecule has 4 unspecified atom stereocenters. The van der Waals surface area contributed by atoms with E-state index in [1.54, 1.807) is 11.8 Å². The van der Waals surface area contributed by atoms with Crippen molar-refractivity contribution in [2.75, 3.05) is 17.7 Å². The van der Waals surface area contributed by atoms with Crippen molar-refractivity contribution in [3.63, 3.8) is 0 Å². The molecular weight excluding hydrogens is 276 g/mol. The minimum absolute atomic E-state index is 0.117. The number of anilines is 1. The maximum Gasteiger partial charge on any atom is 0.130 e. The highest BCUT2D eigenvalue weighted by Crippen LogP contribution is 2.34. The molecule has 0 bridgehead atoms. The number of hydrogen-bond acceptors (Lipinski definition) is 7. The molecular formula is C13H18N4O2S. The number of fused-ring (bicyclic) bond motifs is 1. The first kappa shape index (κ1) is 13.8. The Morgan fingerprint density at radius 2 is 2.20 bits per heavy atom. The smallest absolute Gasteiger partial charge is 0.130 e. The van der Waals surface area contributed by atoms with E-state index in [0.717, 1.165) is 22.6 Å². The molecule has 6 nitrogen and oxygen atoms in total. The number of aliphatic hydroxyl groups is 2. The topological polar surface area (TPSA) is 104 Å². The lowest BCUT2D eigenvalue weighted by Gasteiger charge is -2.18. The van der Waals surface area contributed by atoms with Crippen LogP contribution in [0.25, 0.3) is 5.57 Å². The van der Waals surface area contributed by atoms with Gasteiger partial charge in [-0.1, -0.05) is 6.08 Å². The van der Waals surface area contributed by atoms with E-state index in [-0.39, 0.29) is 12.1 Å². The molecule has 0 amide bonds. The molecule has 4 atom stereocenters. The Bertz CT molecular complexity index is 551. The van der Waals surface area contributed by atoms with Gasteiger partial charge in [0.1, 0.15) is 18.2 Å². The van der Waals surface area contributed by atoms with Gasteiger partial charge in [-0.2, -0.15) is 11.8 Å². The monoisotopic (exact) mass is 294 g/mol. The predicted octanol–water partition coefficient (Wildman–Crippen LogP) is -0.577. The maximum atomic E-state index is 10.3. The Balaban J connectivity index is 1.88. The molecule has 0 aromatic carbocycles. The second-order valence-corrected chi connectivity index (χ2v) is 6.05. The molecule has 1 aromatic heterocycles. The molecule has 1 aromatic rings. The molecule has 1 saturated heterocycles. The van der Waals surface area contributed by atoms with E-state index in [1.165, 1.54) is 6.33 Å². The maximum absolute atomic E-state index is 10.3. The molecule has 1 aliphatic heterocycles. The van der Waals surface area contributed by atoms with Crippen molar-refractivity contribution in [2.24, 2.45) is 0 Å². The Labute approximate surface area is 121 Å². The molecule has 7 heteroatoms. The summed E-state index contributed by atoms with van der Waals surface area (Å²) in [5, 5.41) is 23.7. The van der Waals surface area contributed by atoms with Gasteiger partial charge in [0.25, 0.3) is 0 Å². The van der Waals surface area contributed by atoms with Crippen molar-refractivity contribution in [1.29, 1.82) is 0 Å². The fraction of sp³-hybridized carbons (Fsp3) is 0.538. The largest absolute Gasteiger partial charge is 0.389 e. The van der Waals surface area contributed by atoms with E-state index in [1.807, 2.05) is 12.3 Å². The van der Waals surface area contributed by atoms with Crippen LogP contribution >= 0.6 is 11.8 Å². The molecule has 0 radical (unpaired) electrons. The fourth-order valence-electron chi connectivity index (χ4n) is 2.92. The van der Waals surface area contributed by atoms with Crippen LogP contribution in [0.5, 0.6) is 0 Å². The normalized spacial score (nSPS) is 32.2. The van der Waals surface area contributed by atoms with Crippen molar-refractivity contribution < 1.29 is 10.2 Å². The van der Waals surface area contributed by atoms with Gasteiger partial charge in [0.2, 0.25) is 0 Å². The Morgan fingerprint density at radius 3 is 2.95 bits per heavy atom. The quantitative estimate of drug-likeness (QED) is 0.591. The summed E-state index contributed by atoms with van der Waals surface area (Å²) in [7, 11) is 0. The third-order valence-corrected chi connectivity index (χ3v) is 4.65. The average molecular weight is 294 g/mol. The zero-order valence-corrected chi connectivity index (χ0v) is 12.0. The van der Waals surface area contributed by atoms with Crippen LogP contribution in [0.4, 0.5) is 5.82 Å². The second kappa shape index (κ2) is 5.33. The lowest BCUT2D eigenvalue weighted by molar-refractivity contribution is 0.0376. The van der Waals surface area contributed by atoms with Crippen LogP contribution in [0, 0.1) is 0 Å². The van der Waals surface area contributed by atoms with Gasteiger partial charge in [-0.05, 0) is 18.2 Å². The van der Waals surface area contributed by atoms with Crippen LogP contribution in [-0.2, 0) is 6.42 Å². The summed E-state index contributed by atoms with van der Waals surface area (Å²) in [5.74, 6) is 1.23. The number of aromatic nitrogens is 2. The lowest BCUT2D eigenvalue weighted by atomic mass is 10.00. The van der Waals surface area contributed by atoms with Crippen LogP contribution < -0.4 is 11.1 Å². The summed E-state index contributed by atoms with van der Waals surface area (Å²) in [6.07, 6.45) is 4.49. The predicted molar refractivity (Wildman–Crippen MR) is 79.2 cm³/mol. The number of nitrogens with two attached hydrogens (primary N) is 1. The number of nitrogen functional groups attached to an aromatic ring is 1. The first-order valence-corrected chi connectivity index (χ1v) is 7.93. The highest BCUT2D eigenvalue weighted by atomic mass is 32.2. The molecule has 1 aliphatic carbocycles. The molecule has 3 rings (SSSR count). The first-order chi connectivity index (χ1) is 9.63. The number of aliphatic hydroxyl groups excluding tert-OH is 2. The molecule has 0 spiro atoms. The van der Waals surface area contributed by atoms with Crippen molar-refractivity contribution in [3.8, 4) is 0 Å². The Kier molecular flexibility index (Phi) is 3.68. The van der Waals surface area contributed by atoms with Gasteiger partial charge < -0.3 is 21.3 Å². The second-order valence-electron chi connectivity index (χ2n) is 5.14. The third kappa shape index (κ3) is 2.10. The van der Waals surface area contributed by atoms with Crippen LogP contribution in [0.1, 0.15) is 11.3 Å². The average Bonchev–Trinajstić information content (AvgIpc) is 2.97. The molecule has 2 heterocycles. The van der Waals surface area contributed by atoms with E-state index < -0.39 is 12.2 Å². The Morgan fingerprint density at radius 1 is 1.40 bits per heavy atom. The third-order valence-electron chi connectivity index (χ3n) is 3.96. The molecule has 1 fully saturated rings. The van der Waals surface area contributed by atoms with E-state index in [4.69, 9.17) is 5.73 Å². The molecule has 0 saturated carbocycles. The number of allylic oxidation sites excluding steroid dienone is 1. The van der Waals surface area contributed by atoms with Gasteiger partial charge in [-0.3, -0.25) is 0 Å². The molecule has 108 valence electrons. The van der Waals surface area contributed by atoms with Crippen LogP contribution in [0.3, 0.4) is 0 Å². The number of thioether (sulfide) groups is 1. The van der Waals surface area contributed by atoms with Crippen molar-refractivity contribution in [2.45, 2.75) is 30.7 Å². The number of rotatable bonds is 3. The molecule has 20 heavy (non-hydrogen) atoms. The summed E-state index contributed by atoms with van der Waals surface area (Å²) < 4.78 is 0. The number of nitrogens with zero attached hydrogens (tertiary/aromatic N) is 2. The number of nitrogens with one attached hydrogen (secondary N) is 1. The fourth-order valence-corrected chi connectivity index (χ4v) is 3.57. The number of hydrogen-bond donors (Lipinski definition) is 4. The minimum Gasteiger partial charge on any atom is -0.389 e. The van der Waals surface area contributed by atoms with Crippen molar-refractivity contribution in [1.82, 2.24) is 15.3 Å². The highest BCUT2D eigenvalue weighted by Gasteiger charge is 2.43. The zero-order chi connectivity index (χ0) is 14.3. The van der Waals surface area contributed by atoms with Gasteiger partial charge in [0.05, 0.1) is 17.8 Å². The van der Waals surface area contributed by atoms with Crippen LogP contribution in [0.2, 0.25) is 0 Å². The van der Waals surface area contributed by atoms with Crippen molar-refractivity contribution in [3.05, 3.63) is 23.7 Å². The SMILES string of the molecule is CSCC1NC(C2=CCc3c(N)ncnc32)C(O)C1O. The van der Waals surface area contributed by atoms with Gasteiger partial charge in [0, 0.05) is 17.4 Å². The standard InChI is InChI=1S/C13H18N4O2S/c1-20-4-8-11(18)12(19)10(17-8)6-2-3-7-9(6)15-5-16-13(7)14/h2,5,8,10-12,17-19H,3-4H2,1H3,(H2,14,15,16). The lowest BCUT2D eigenvalue weighted by Crippen LogP contribution is -2.35. The van der Waals surface area contributed by atoms with E-state index in [0.29, 0.717) is 12.2 Å². The molecule has 2 aliphatic rings. The summed E-state index contributed by atoms with van der Waals surface area (Å²) in [5.41, 5.74) is 8.44. The van der Waals surface area contributed by atoms with Gasteiger partial charge in [-0.25, -0.2) is 9.97 Å². The minimum atomic E-state index is -0.833. The van der Waals surface area contributed by atoms with E-state index >= 15 is 0 Å². The van der Waals surface area contributed by atoms with E-state index in [2.05, 4.69) is 15.3 Å². The summed E-state index contributed by atoms with van der Waals surface area (Å²) >= 11 is 1.64. The van der Waals surface area contributed by atoms with Crippen LogP contribution in [-0.4, -0.2) is 56.5 Å². The van der Waals surface area contributed by atoms with Gasteiger partial charge >= 0.3 is 0 Å². The van der Waals surface area contributed by atoms with Gasteiger partial charge in [0.15, 0.2) is 0 Å². The van der Waals surface area contributed by atoms with E-state index in [9.17, 15) is 10.2 Å². The van der Waals surface area contributed by atoms with Crippen LogP contribution in [0.15, 0.2) is 12.4 Å². The van der Waals surface area contributed by atoms with Crippen molar-refractivity contribution >= 4 is 23.2 Å². The highest BCUT2D eigenvalue weighted by molar-refractivity contribution is 7.98. The molecule has 5 N–H and O–H groups in total. The summed E-state index contributed by atoms with van der Waals surface area (Å²) in [6.45, 7) is 0. The Hall–Kier alpha value is -1.15.